The van der Waals surface area contributed by atoms with Crippen LogP contribution in [0.2, 0.25) is 0 Å². The van der Waals surface area contributed by atoms with Crippen LogP contribution in [0.4, 0.5) is 0 Å². The average molecular weight is 177 g/mol. The van der Waals surface area contributed by atoms with Crippen LogP contribution in [0.5, 0.6) is 0 Å². The zero-order chi connectivity index (χ0) is 9.42. The molecule has 68 valence electrons. The standard InChI is InChI=1S/C9H13N4/c1-4-13-7(2)12(3)9-8(13)5-10-6-11-9/h5-6H,4H2,1-3H3/q+1. The van der Waals surface area contributed by atoms with Crippen molar-refractivity contribution >= 4 is 11.2 Å². The first-order chi connectivity index (χ1) is 6.25. The Morgan fingerprint density at radius 2 is 2.31 bits per heavy atom. The molecule has 0 atom stereocenters. The molecule has 0 amide bonds. The monoisotopic (exact) mass is 177 g/mol. The first-order valence-electron chi connectivity index (χ1n) is 4.40. The van der Waals surface area contributed by atoms with Gasteiger partial charge in [-0.25, -0.2) is 9.55 Å². The van der Waals surface area contributed by atoms with Gasteiger partial charge in [-0.05, 0) is 6.92 Å². The van der Waals surface area contributed by atoms with Gasteiger partial charge in [0, 0.05) is 6.92 Å². The van der Waals surface area contributed by atoms with Gasteiger partial charge >= 0.3 is 5.65 Å². The number of hydrogen-bond donors (Lipinski definition) is 0. The molecule has 0 aliphatic carbocycles. The molecule has 13 heavy (non-hydrogen) atoms. The number of fused-ring (bicyclic) bond motifs is 1. The van der Waals surface area contributed by atoms with Gasteiger partial charge < -0.3 is 0 Å². The van der Waals surface area contributed by atoms with E-state index < -0.39 is 0 Å². The Kier molecular flexibility index (Phi) is 1.76. The minimum Gasteiger partial charge on any atom is -0.257 e. The molecular weight excluding hydrogens is 164 g/mol. The van der Waals surface area contributed by atoms with Gasteiger partial charge in [-0.2, -0.15) is 0 Å². The van der Waals surface area contributed by atoms with E-state index in [1.807, 2.05) is 13.2 Å². The van der Waals surface area contributed by atoms with Gasteiger partial charge in [-0.15, -0.1) is 0 Å². The van der Waals surface area contributed by atoms with Gasteiger partial charge in [0.25, 0.3) is 0 Å². The summed E-state index contributed by atoms with van der Waals surface area (Å²) >= 11 is 0. The lowest BCUT2D eigenvalue weighted by molar-refractivity contribution is -0.654. The Morgan fingerprint density at radius 1 is 1.54 bits per heavy atom. The molecule has 4 nitrogen and oxygen atoms in total. The van der Waals surface area contributed by atoms with E-state index in [0.29, 0.717) is 0 Å². The van der Waals surface area contributed by atoms with E-state index in [2.05, 4.69) is 32.9 Å². The summed E-state index contributed by atoms with van der Waals surface area (Å²) in [6.45, 7) is 5.17. The highest BCUT2D eigenvalue weighted by Gasteiger charge is 2.17. The Hall–Kier alpha value is -1.45. The second-order valence-corrected chi connectivity index (χ2v) is 3.08. The van der Waals surface area contributed by atoms with Gasteiger partial charge in [-0.3, -0.25) is 4.57 Å². The normalized spacial score (nSPS) is 11.0. The molecule has 2 aromatic heterocycles. The van der Waals surface area contributed by atoms with E-state index in [0.717, 1.165) is 17.7 Å². The molecular formula is C9H13N4+. The SMILES string of the molecule is CCn1c(C)[n+](C)c2ncncc21. The van der Waals surface area contributed by atoms with Gasteiger partial charge in [0.15, 0.2) is 11.8 Å². The molecule has 2 aromatic rings. The lowest BCUT2D eigenvalue weighted by Crippen LogP contribution is -2.31. The fraction of sp³-hybridized carbons (Fsp3) is 0.444. The van der Waals surface area contributed by atoms with Gasteiger partial charge in [0.05, 0.1) is 19.8 Å². The second kappa shape index (κ2) is 2.80. The van der Waals surface area contributed by atoms with E-state index in [-0.39, 0.29) is 0 Å². The molecule has 0 bridgehead atoms. The molecule has 0 unspecified atom stereocenters. The van der Waals surface area contributed by atoms with Crippen molar-refractivity contribution in [1.82, 2.24) is 14.5 Å². The predicted octanol–water partition coefficient (Wildman–Crippen LogP) is 0.584. The lowest BCUT2D eigenvalue weighted by atomic mass is 10.5. The van der Waals surface area contributed by atoms with E-state index >= 15 is 0 Å². The Labute approximate surface area is 76.9 Å². The van der Waals surface area contributed by atoms with Crippen molar-refractivity contribution in [2.75, 3.05) is 0 Å². The number of aromatic nitrogens is 4. The molecule has 0 saturated carbocycles. The van der Waals surface area contributed by atoms with Crippen LogP contribution in [-0.2, 0) is 13.6 Å². The third-order valence-corrected chi connectivity index (χ3v) is 2.47. The average Bonchev–Trinajstić information content (AvgIpc) is 2.41. The third kappa shape index (κ3) is 1.02. The van der Waals surface area contributed by atoms with Crippen molar-refractivity contribution in [3.05, 3.63) is 18.3 Å². The molecule has 0 fully saturated rings. The summed E-state index contributed by atoms with van der Waals surface area (Å²) in [6, 6.07) is 0. The number of rotatable bonds is 1. The highest BCUT2D eigenvalue weighted by atomic mass is 15.2. The summed E-state index contributed by atoms with van der Waals surface area (Å²) in [5.41, 5.74) is 2.10. The highest BCUT2D eigenvalue weighted by Crippen LogP contribution is 2.08. The Balaban J connectivity index is 2.90. The van der Waals surface area contributed by atoms with Crippen molar-refractivity contribution in [2.45, 2.75) is 20.4 Å². The summed E-state index contributed by atoms with van der Waals surface area (Å²) in [6.07, 6.45) is 3.45. The molecule has 2 heterocycles. The maximum Gasteiger partial charge on any atom is 0.304 e. The number of imidazole rings is 1. The molecule has 0 aromatic carbocycles. The van der Waals surface area contributed by atoms with E-state index in [4.69, 9.17) is 0 Å². The van der Waals surface area contributed by atoms with E-state index in [1.165, 1.54) is 5.82 Å². The minimum absolute atomic E-state index is 0.955. The molecule has 0 N–H and O–H groups in total. The summed E-state index contributed by atoms with van der Waals surface area (Å²) in [5, 5.41) is 0. The van der Waals surface area contributed by atoms with E-state index in [1.54, 1.807) is 6.33 Å². The number of nitrogens with zero attached hydrogens (tertiary/aromatic N) is 4. The van der Waals surface area contributed by atoms with Crippen molar-refractivity contribution in [2.24, 2.45) is 7.05 Å². The van der Waals surface area contributed by atoms with Crippen LogP contribution in [0.15, 0.2) is 12.5 Å². The Bertz CT molecular complexity index is 444. The molecule has 2 rings (SSSR count). The molecule has 0 saturated heterocycles. The third-order valence-electron chi connectivity index (χ3n) is 2.47. The first-order valence-corrected chi connectivity index (χ1v) is 4.40. The lowest BCUT2D eigenvalue weighted by Gasteiger charge is -1.94. The smallest absolute Gasteiger partial charge is 0.257 e. The highest BCUT2D eigenvalue weighted by molar-refractivity contribution is 5.66. The zero-order valence-corrected chi connectivity index (χ0v) is 8.15. The van der Waals surface area contributed by atoms with Gasteiger partial charge in [0.2, 0.25) is 5.82 Å². The van der Waals surface area contributed by atoms with Crippen LogP contribution >= 0.6 is 0 Å². The first kappa shape index (κ1) is 8.16. The fourth-order valence-corrected chi connectivity index (χ4v) is 1.67. The molecule has 0 aliphatic heterocycles. The quantitative estimate of drug-likeness (QED) is 0.597. The summed E-state index contributed by atoms with van der Waals surface area (Å²) in [5.74, 6) is 1.21. The van der Waals surface area contributed by atoms with Crippen LogP contribution in [0.1, 0.15) is 12.7 Å². The number of aryl methyl sites for hydroxylation is 2. The maximum atomic E-state index is 4.24. The largest absolute Gasteiger partial charge is 0.304 e. The van der Waals surface area contributed by atoms with Gasteiger partial charge in [0.1, 0.15) is 0 Å². The minimum atomic E-state index is 0.955. The van der Waals surface area contributed by atoms with Crippen molar-refractivity contribution in [3.8, 4) is 0 Å². The Morgan fingerprint density at radius 3 is 3.00 bits per heavy atom. The van der Waals surface area contributed by atoms with Crippen molar-refractivity contribution in [3.63, 3.8) is 0 Å². The van der Waals surface area contributed by atoms with Crippen LogP contribution in [0.25, 0.3) is 11.2 Å². The van der Waals surface area contributed by atoms with Crippen molar-refractivity contribution in [1.29, 1.82) is 0 Å². The molecule has 0 radical (unpaired) electrons. The van der Waals surface area contributed by atoms with Crippen LogP contribution in [-0.4, -0.2) is 14.5 Å². The fourth-order valence-electron chi connectivity index (χ4n) is 1.67. The van der Waals surface area contributed by atoms with Crippen LogP contribution in [0, 0.1) is 6.92 Å². The summed E-state index contributed by atoms with van der Waals surface area (Å²) < 4.78 is 4.29. The van der Waals surface area contributed by atoms with Crippen LogP contribution in [0.3, 0.4) is 0 Å². The molecule has 0 aliphatic rings. The molecule has 0 spiro atoms. The molecule has 4 heteroatoms. The second-order valence-electron chi connectivity index (χ2n) is 3.08. The van der Waals surface area contributed by atoms with E-state index in [9.17, 15) is 0 Å². The topological polar surface area (TPSA) is 34.6 Å². The zero-order valence-electron chi connectivity index (χ0n) is 8.15. The predicted molar refractivity (Wildman–Crippen MR) is 49.1 cm³/mol. The summed E-state index contributed by atoms with van der Waals surface area (Å²) in [7, 11) is 2.02. The van der Waals surface area contributed by atoms with Crippen LogP contribution < -0.4 is 4.57 Å². The van der Waals surface area contributed by atoms with Gasteiger partial charge in [-0.1, -0.05) is 4.98 Å². The van der Waals surface area contributed by atoms with Crippen molar-refractivity contribution < 1.29 is 4.57 Å². The summed E-state index contributed by atoms with van der Waals surface area (Å²) in [4.78, 5) is 8.27. The maximum absolute atomic E-state index is 4.24. The number of hydrogen-bond acceptors (Lipinski definition) is 2.